The number of benzene rings is 2. The lowest BCUT2D eigenvalue weighted by molar-refractivity contribution is 0.00322. The summed E-state index contributed by atoms with van der Waals surface area (Å²) in [7, 11) is 0. The van der Waals surface area contributed by atoms with Gasteiger partial charge in [-0.1, -0.05) is 12.1 Å². The molecule has 5 rings (SSSR count). The average Bonchev–Trinajstić information content (AvgIpc) is 2.74. The third kappa shape index (κ3) is 3.97. The maximum absolute atomic E-state index is 6.28. The van der Waals surface area contributed by atoms with Gasteiger partial charge in [-0.2, -0.15) is 0 Å². The van der Waals surface area contributed by atoms with Crippen molar-refractivity contribution < 1.29 is 14.2 Å². The molecule has 2 aliphatic rings. The number of hydrogen-bond donors (Lipinski definition) is 1. The van der Waals surface area contributed by atoms with E-state index in [0.29, 0.717) is 6.61 Å². The van der Waals surface area contributed by atoms with Crippen molar-refractivity contribution >= 4 is 22.4 Å². The quantitative estimate of drug-likeness (QED) is 0.731. The molecule has 1 atom stereocenters. The fourth-order valence-electron chi connectivity index (χ4n) is 3.79. The predicted molar refractivity (Wildman–Crippen MR) is 111 cm³/mol. The molecule has 3 aromatic rings. The highest BCUT2D eigenvalue weighted by molar-refractivity contribution is 5.93. The van der Waals surface area contributed by atoms with Crippen LogP contribution in [0.1, 0.15) is 5.56 Å². The van der Waals surface area contributed by atoms with Gasteiger partial charge in [-0.15, -0.1) is 0 Å². The molecule has 1 unspecified atom stereocenters. The van der Waals surface area contributed by atoms with Crippen LogP contribution in [-0.4, -0.2) is 60.4 Å². The Morgan fingerprint density at radius 1 is 1.10 bits per heavy atom. The Bertz CT molecular complexity index is 1020. The van der Waals surface area contributed by atoms with Gasteiger partial charge in [-0.05, 0) is 30.7 Å². The van der Waals surface area contributed by atoms with Crippen LogP contribution < -0.4 is 14.8 Å². The van der Waals surface area contributed by atoms with E-state index >= 15 is 0 Å². The van der Waals surface area contributed by atoms with Gasteiger partial charge in [0.25, 0.3) is 0 Å². The second-order valence-electron chi connectivity index (χ2n) is 7.50. The molecule has 2 aliphatic heterocycles. The Morgan fingerprint density at radius 2 is 2.00 bits per heavy atom. The molecule has 1 saturated heterocycles. The summed E-state index contributed by atoms with van der Waals surface area (Å²) in [5.41, 5.74) is 3.00. The monoisotopic (exact) mass is 392 g/mol. The van der Waals surface area contributed by atoms with Crippen LogP contribution in [-0.2, 0) is 4.74 Å². The zero-order valence-corrected chi connectivity index (χ0v) is 16.4. The van der Waals surface area contributed by atoms with Crippen LogP contribution >= 0.6 is 0 Å². The highest BCUT2D eigenvalue weighted by atomic mass is 16.6. The first-order valence-corrected chi connectivity index (χ1v) is 9.96. The predicted octanol–water partition coefficient (Wildman–Crippen LogP) is 3.15. The zero-order chi connectivity index (χ0) is 19.6. The van der Waals surface area contributed by atoms with Crippen LogP contribution in [0.15, 0.2) is 42.7 Å². The summed E-state index contributed by atoms with van der Waals surface area (Å²) in [4.78, 5) is 11.2. The maximum atomic E-state index is 6.28. The Morgan fingerprint density at radius 3 is 2.86 bits per heavy atom. The molecule has 3 heterocycles. The van der Waals surface area contributed by atoms with Crippen molar-refractivity contribution in [1.82, 2.24) is 14.9 Å². The van der Waals surface area contributed by atoms with Gasteiger partial charge in [0, 0.05) is 36.8 Å². The molecule has 0 aliphatic carbocycles. The van der Waals surface area contributed by atoms with Gasteiger partial charge in [-0.3, -0.25) is 4.90 Å². The van der Waals surface area contributed by atoms with Crippen LogP contribution in [0.3, 0.4) is 0 Å². The number of ether oxygens (including phenoxy) is 3. The Hall–Kier alpha value is -2.90. The summed E-state index contributed by atoms with van der Waals surface area (Å²) in [6.45, 7) is 6.86. The lowest BCUT2D eigenvalue weighted by Gasteiger charge is -2.33. The molecule has 0 bridgehead atoms. The van der Waals surface area contributed by atoms with Crippen molar-refractivity contribution in [2.45, 2.75) is 13.0 Å². The topological polar surface area (TPSA) is 68.7 Å². The van der Waals surface area contributed by atoms with Crippen molar-refractivity contribution in [2.75, 3.05) is 44.8 Å². The molecule has 7 heteroatoms. The number of rotatable bonds is 4. The van der Waals surface area contributed by atoms with Crippen LogP contribution in [0, 0.1) is 6.92 Å². The standard InChI is InChI=1S/C22H24N4O3/c1-15-3-2-4-16(9-15)25-22-18-10-21-20(11-19(18)23-14-24-22)28-13-17(29-21)12-26-5-7-27-8-6-26/h2-4,9-11,14,17H,5-8,12-13H2,1H3,(H,23,24,25). The molecule has 29 heavy (non-hydrogen) atoms. The number of nitrogens with one attached hydrogen (secondary N) is 1. The van der Waals surface area contributed by atoms with E-state index in [1.54, 1.807) is 6.33 Å². The fourth-order valence-corrected chi connectivity index (χ4v) is 3.79. The highest BCUT2D eigenvalue weighted by Gasteiger charge is 2.25. The van der Waals surface area contributed by atoms with E-state index in [-0.39, 0.29) is 6.10 Å². The molecule has 0 saturated carbocycles. The first kappa shape index (κ1) is 18.1. The second-order valence-corrected chi connectivity index (χ2v) is 7.50. The van der Waals surface area contributed by atoms with Crippen molar-refractivity contribution in [2.24, 2.45) is 0 Å². The van der Waals surface area contributed by atoms with Crippen LogP contribution in [0.5, 0.6) is 11.5 Å². The van der Waals surface area contributed by atoms with Gasteiger partial charge >= 0.3 is 0 Å². The summed E-state index contributed by atoms with van der Waals surface area (Å²) < 4.78 is 17.7. The summed E-state index contributed by atoms with van der Waals surface area (Å²) in [5, 5.41) is 4.31. The van der Waals surface area contributed by atoms with E-state index in [1.165, 1.54) is 5.56 Å². The molecule has 2 aromatic carbocycles. The molecule has 150 valence electrons. The molecule has 7 nitrogen and oxygen atoms in total. The van der Waals surface area contributed by atoms with Gasteiger partial charge in [0.2, 0.25) is 0 Å². The second kappa shape index (κ2) is 7.85. The van der Waals surface area contributed by atoms with E-state index < -0.39 is 0 Å². The third-order valence-corrected chi connectivity index (χ3v) is 5.27. The number of aryl methyl sites for hydroxylation is 1. The zero-order valence-electron chi connectivity index (χ0n) is 16.4. The van der Waals surface area contributed by atoms with E-state index in [9.17, 15) is 0 Å². The maximum Gasteiger partial charge on any atom is 0.163 e. The van der Waals surface area contributed by atoms with Crippen molar-refractivity contribution in [3.63, 3.8) is 0 Å². The number of anilines is 2. The minimum atomic E-state index is -0.00383. The van der Waals surface area contributed by atoms with Crippen LogP contribution in [0.4, 0.5) is 11.5 Å². The summed E-state index contributed by atoms with van der Waals surface area (Å²) in [5.74, 6) is 2.22. The highest BCUT2D eigenvalue weighted by Crippen LogP contribution is 2.37. The minimum absolute atomic E-state index is 0.00383. The first-order chi connectivity index (χ1) is 14.2. The smallest absolute Gasteiger partial charge is 0.163 e. The van der Waals surface area contributed by atoms with Gasteiger partial charge in [0.15, 0.2) is 11.5 Å². The van der Waals surface area contributed by atoms with Crippen LogP contribution in [0.2, 0.25) is 0 Å². The number of aromatic nitrogens is 2. The van der Waals surface area contributed by atoms with Crippen molar-refractivity contribution in [1.29, 1.82) is 0 Å². The number of fused-ring (bicyclic) bond motifs is 2. The Labute approximate surface area is 169 Å². The Balaban J connectivity index is 1.41. The van der Waals surface area contributed by atoms with Crippen LogP contribution in [0.25, 0.3) is 10.9 Å². The number of hydrogen-bond acceptors (Lipinski definition) is 7. The summed E-state index contributed by atoms with van der Waals surface area (Å²) in [6.07, 6.45) is 1.56. The molecule has 0 spiro atoms. The first-order valence-electron chi connectivity index (χ1n) is 9.96. The molecule has 0 radical (unpaired) electrons. The fraction of sp³-hybridized carbons (Fsp3) is 0.364. The molecule has 1 N–H and O–H groups in total. The summed E-state index contributed by atoms with van der Waals surface area (Å²) >= 11 is 0. The SMILES string of the molecule is Cc1cccc(Nc2ncnc3cc4c(cc23)OC(CN2CCOCC2)CO4)c1. The van der Waals surface area contributed by atoms with Crippen molar-refractivity contribution in [3.8, 4) is 11.5 Å². The molecule has 1 aromatic heterocycles. The van der Waals surface area contributed by atoms with E-state index in [1.807, 2.05) is 24.3 Å². The molecule has 0 amide bonds. The largest absolute Gasteiger partial charge is 0.486 e. The molecular weight excluding hydrogens is 368 g/mol. The summed E-state index contributed by atoms with van der Waals surface area (Å²) in [6, 6.07) is 12.1. The van der Waals surface area contributed by atoms with E-state index in [0.717, 1.165) is 66.8 Å². The van der Waals surface area contributed by atoms with Gasteiger partial charge in [-0.25, -0.2) is 9.97 Å². The van der Waals surface area contributed by atoms with E-state index in [2.05, 4.69) is 39.2 Å². The average molecular weight is 392 g/mol. The Kier molecular flexibility index (Phi) is 4.91. The van der Waals surface area contributed by atoms with Gasteiger partial charge in [0.05, 0.1) is 18.7 Å². The van der Waals surface area contributed by atoms with E-state index in [4.69, 9.17) is 14.2 Å². The number of nitrogens with zero attached hydrogens (tertiary/aromatic N) is 3. The molecular formula is C22H24N4O3. The van der Waals surface area contributed by atoms with Gasteiger partial charge in [0.1, 0.15) is 24.9 Å². The minimum Gasteiger partial charge on any atom is -0.486 e. The number of morpholine rings is 1. The normalized spacial score (nSPS) is 19.3. The lowest BCUT2D eigenvalue weighted by Crippen LogP contribution is -2.45. The third-order valence-electron chi connectivity index (χ3n) is 5.27. The lowest BCUT2D eigenvalue weighted by atomic mass is 10.1. The van der Waals surface area contributed by atoms with Gasteiger partial charge < -0.3 is 19.5 Å². The molecule has 1 fully saturated rings. The van der Waals surface area contributed by atoms with Crippen molar-refractivity contribution in [3.05, 3.63) is 48.3 Å².